The van der Waals surface area contributed by atoms with Crippen molar-refractivity contribution < 1.29 is 23.1 Å². The van der Waals surface area contributed by atoms with Crippen molar-refractivity contribution in [2.75, 3.05) is 13.1 Å². The van der Waals surface area contributed by atoms with E-state index in [1.807, 2.05) is 20.8 Å². The highest BCUT2D eigenvalue weighted by molar-refractivity contribution is 7.89. The largest absolute Gasteiger partial charge is 0.480 e. The van der Waals surface area contributed by atoms with Gasteiger partial charge in [-0.3, -0.25) is 4.79 Å². The van der Waals surface area contributed by atoms with E-state index in [-0.39, 0.29) is 23.8 Å². The van der Waals surface area contributed by atoms with Crippen LogP contribution in [0.1, 0.15) is 47.1 Å². The van der Waals surface area contributed by atoms with Gasteiger partial charge in [0, 0.05) is 19.5 Å². The van der Waals surface area contributed by atoms with E-state index in [2.05, 4.69) is 4.72 Å². The number of nitrogens with one attached hydrogen (secondary N) is 1. The van der Waals surface area contributed by atoms with Crippen molar-refractivity contribution in [3.8, 4) is 0 Å². The number of likely N-dealkylation sites (tertiary alicyclic amines) is 1. The number of rotatable bonds is 6. The number of benzene rings is 1. The number of nitrogens with zero attached hydrogens (tertiary/aromatic N) is 1. The van der Waals surface area contributed by atoms with Gasteiger partial charge in [-0.25, -0.2) is 17.9 Å². The van der Waals surface area contributed by atoms with Crippen LogP contribution in [-0.4, -0.2) is 49.4 Å². The molecule has 1 unspecified atom stereocenters. The van der Waals surface area contributed by atoms with Crippen LogP contribution in [0.2, 0.25) is 0 Å². The summed E-state index contributed by atoms with van der Waals surface area (Å²) < 4.78 is 28.2. The second kappa shape index (κ2) is 7.98. The fourth-order valence-corrected chi connectivity index (χ4v) is 5.33. The predicted octanol–water partition coefficient (Wildman–Crippen LogP) is 1.97. The molecule has 1 aliphatic rings. The molecule has 2 rings (SSSR count). The average molecular weight is 397 g/mol. The van der Waals surface area contributed by atoms with E-state index in [1.54, 1.807) is 13.8 Å². The minimum absolute atomic E-state index is 0.0607. The Balaban J connectivity index is 2.12. The second-order valence-electron chi connectivity index (χ2n) is 7.19. The predicted molar refractivity (Wildman–Crippen MR) is 102 cm³/mol. The molecule has 27 heavy (non-hydrogen) atoms. The summed E-state index contributed by atoms with van der Waals surface area (Å²) in [4.78, 5) is 25.1. The number of carboxylic acids is 1. The van der Waals surface area contributed by atoms with E-state index < -0.39 is 22.0 Å². The average Bonchev–Trinajstić information content (AvgIpc) is 3.08. The van der Waals surface area contributed by atoms with Crippen LogP contribution in [0.25, 0.3) is 0 Å². The standard InChI is InChI=1S/C19H28N2O5S/c1-11-12(2)14(4)18(15(5)13(11)3)27(25,26)20-9-8-17(22)21-10-6-7-16(21)19(23)24/h16,20H,6-10H2,1-5H3,(H,23,24). The topological polar surface area (TPSA) is 104 Å². The summed E-state index contributed by atoms with van der Waals surface area (Å²) in [6.07, 6.45) is 1.02. The van der Waals surface area contributed by atoms with Gasteiger partial charge in [-0.2, -0.15) is 0 Å². The number of aliphatic carboxylic acids is 1. The molecule has 0 bridgehead atoms. The third kappa shape index (κ3) is 4.16. The number of sulfonamides is 1. The van der Waals surface area contributed by atoms with Crippen molar-refractivity contribution in [2.45, 2.75) is 64.8 Å². The molecule has 0 aliphatic carbocycles. The van der Waals surface area contributed by atoms with Crippen LogP contribution in [-0.2, 0) is 19.6 Å². The van der Waals surface area contributed by atoms with Crippen LogP contribution in [0.3, 0.4) is 0 Å². The molecular formula is C19H28N2O5S. The molecule has 0 radical (unpaired) electrons. The Hall–Kier alpha value is -1.93. The van der Waals surface area contributed by atoms with Crippen molar-refractivity contribution in [3.63, 3.8) is 0 Å². The van der Waals surface area contributed by atoms with Crippen LogP contribution < -0.4 is 4.72 Å². The van der Waals surface area contributed by atoms with Gasteiger partial charge in [0.25, 0.3) is 0 Å². The molecule has 1 heterocycles. The first-order valence-corrected chi connectivity index (χ1v) is 10.6. The summed E-state index contributed by atoms with van der Waals surface area (Å²) in [5, 5.41) is 9.17. The van der Waals surface area contributed by atoms with Crippen LogP contribution in [0, 0.1) is 34.6 Å². The van der Waals surface area contributed by atoms with E-state index in [0.29, 0.717) is 30.5 Å². The molecule has 1 fully saturated rings. The van der Waals surface area contributed by atoms with E-state index in [4.69, 9.17) is 5.11 Å². The number of amides is 1. The minimum atomic E-state index is -3.77. The molecular weight excluding hydrogens is 368 g/mol. The Bertz CT molecular complexity index is 848. The smallest absolute Gasteiger partial charge is 0.326 e. The fraction of sp³-hybridized carbons (Fsp3) is 0.579. The van der Waals surface area contributed by atoms with Crippen molar-refractivity contribution in [3.05, 3.63) is 27.8 Å². The molecule has 0 saturated carbocycles. The van der Waals surface area contributed by atoms with Crippen molar-refractivity contribution in [2.24, 2.45) is 0 Å². The number of carbonyl (C=O) groups excluding carboxylic acids is 1. The molecule has 8 heteroatoms. The third-order valence-corrected chi connectivity index (χ3v) is 7.42. The van der Waals surface area contributed by atoms with E-state index in [9.17, 15) is 18.0 Å². The van der Waals surface area contributed by atoms with Gasteiger partial charge in [0.05, 0.1) is 4.90 Å². The summed E-state index contributed by atoms with van der Waals surface area (Å²) in [6, 6.07) is -0.805. The second-order valence-corrected chi connectivity index (χ2v) is 8.89. The van der Waals surface area contributed by atoms with Crippen molar-refractivity contribution in [1.82, 2.24) is 9.62 Å². The Morgan fingerprint density at radius 1 is 1.04 bits per heavy atom. The molecule has 7 nitrogen and oxygen atoms in total. The van der Waals surface area contributed by atoms with Gasteiger partial charge < -0.3 is 10.0 Å². The molecule has 150 valence electrons. The van der Waals surface area contributed by atoms with Gasteiger partial charge in [0.15, 0.2) is 0 Å². The molecule has 1 atom stereocenters. The number of carboxylic acid groups (broad SMARTS) is 1. The monoisotopic (exact) mass is 396 g/mol. The zero-order valence-electron chi connectivity index (χ0n) is 16.5. The number of hydrogen-bond acceptors (Lipinski definition) is 4. The Labute approximate surface area is 160 Å². The normalized spacial score (nSPS) is 17.4. The quantitative estimate of drug-likeness (QED) is 0.765. The van der Waals surface area contributed by atoms with Crippen LogP contribution in [0.15, 0.2) is 4.90 Å². The highest BCUT2D eigenvalue weighted by Crippen LogP contribution is 2.29. The summed E-state index contributed by atoms with van der Waals surface area (Å²) in [7, 11) is -3.77. The highest BCUT2D eigenvalue weighted by Gasteiger charge is 2.33. The fourth-order valence-electron chi connectivity index (χ4n) is 3.70. The first-order chi connectivity index (χ1) is 12.5. The van der Waals surface area contributed by atoms with Crippen LogP contribution >= 0.6 is 0 Å². The zero-order valence-corrected chi connectivity index (χ0v) is 17.4. The molecule has 1 saturated heterocycles. The molecule has 2 N–H and O–H groups in total. The summed E-state index contributed by atoms with van der Waals surface area (Å²) in [5.41, 5.74) is 4.37. The van der Waals surface area contributed by atoms with Gasteiger partial charge in [-0.1, -0.05) is 0 Å². The molecule has 1 aromatic carbocycles. The van der Waals surface area contributed by atoms with Gasteiger partial charge in [-0.05, 0) is 75.3 Å². The molecule has 1 aliphatic heterocycles. The van der Waals surface area contributed by atoms with Crippen LogP contribution in [0.5, 0.6) is 0 Å². The van der Waals surface area contributed by atoms with E-state index >= 15 is 0 Å². The molecule has 0 aromatic heterocycles. The van der Waals surface area contributed by atoms with Gasteiger partial charge in [0.2, 0.25) is 15.9 Å². The number of hydrogen-bond donors (Lipinski definition) is 2. The lowest BCUT2D eigenvalue weighted by Gasteiger charge is -2.22. The minimum Gasteiger partial charge on any atom is -0.480 e. The van der Waals surface area contributed by atoms with Gasteiger partial charge >= 0.3 is 5.97 Å². The Kier molecular flexibility index (Phi) is 6.32. The lowest BCUT2D eigenvalue weighted by molar-refractivity contribution is -0.148. The van der Waals surface area contributed by atoms with E-state index in [0.717, 1.165) is 16.7 Å². The maximum absolute atomic E-state index is 12.8. The summed E-state index contributed by atoms with van der Waals surface area (Å²) in [5.74, 6) is -1.36. The SMILES string of the molecule is Cc1c(C)c(C)c(S(=O)(=O)NCCC(=O)N2CCCC2C(=O)O)c(C)c1C. The van der Waals surface area contributed by atoms with Crippen molar-refractivity contribution >= 4 is 21.9 Å². The van der Waals surface area contributed by atoms with E-state index in [1.165, 1.54) is 4.90 Å². The van der Waals surface area contributed by atoms with Gasteiger partial charge in [-0.15, -0.1) is 0 Å². The lowest BCUT2D eigenvalue weighted by Crippen LogP contribution is -2.41. The highest BCUT2D eigenvalue weighted by atomic mass is 32.2. The molecule has 1 aromatic rings. The Morgan fingerprint density at radius 2 is 1.56 bits per heavy atom. The first-order valence-electron chi connectivity index (χ1n) is 9.08. The maximum Gasteiger partial charge on any atom is 0.326 e. The zero-order chi connectivity index (χ0) is 20.5. The van der Waals surface area contributed by atoms with Crippen molar-refractivity contribution in [1.29, 1.82) is 0 Å². The molecule has 1 amide bonds. The summed E-state index contributed by atoms with van der Waals surface area (Å²) in [6.45, 7) is 9.69. The van der Waals surface area contributed by atoms with Crippen LogP contribution in [0.4, 0.5) is 0 Å². The lowest BCUT2D eigenvalue weighted by atomic mass is 9.95. The first kappa shape index (κ1) is 21.4. The van der Waals surface area contributed by atoms with Gasteiger partial charge in [0.1, 0.15) is 6.04 Å². The molecule has 0 spiro atoms. The Morgan fingerprint density at radius 3 is 2.07 bits per heavy atom. The maximum atomic E-state index is 12.8. The number of carbonyl (C=O) groups is 2. The third-order valence-electron chi connectivity index (χ3n) is 5.69. The summed E-state index contributed by atoms with van der Waals surface area (Å²) >= 11 is 0.